The van der Waals surface area contributed by atoms with Crippen LogP contribution in [0, 0.1) is 5.82 Å². The van der Waals surface area contributed by atoms with Crippen molar-refractivity contribution in [1.29, 1.82) is 0 Å². The molecule has 2 N–H and O–H groups in total. The molecule has 0 spiro atoms. The lowest BCUT2D eigenvalue weighted by Gasteiger charge is -2.12. The fourth-order valence-electron chi connectivity index (χ4n) is 3.07. The summed E-state index contributed by atoms with van der Waals surface area (Å²) in [4.78, 5) is 16.4. The highest BCUT2D eigenvalue weighted by Gasteiger charge is 2.33. The lowest BCUT2D eigenvalue weighted by Crippen LogP contribution is -2.19. The summed E-state index contributed by atoms with van der Waals surface area (Å²) in [5, 5.41) is 0.604. The lowest BCUT2D eigenvalue weighted by atomic mass is 10.0. The first-order chi connectivity index (χ1) is 13.2. The second kappa shape index (κ2) is 7.61. The van der Waals surface area contributed by atoms with Gasteiger partial charge in [-0.1, -0.05) is 19.8 Å². The Labute approximate surface area is 158 Å². The molecule has 4 nitrogen and oxygen atoms in total. The second-order valence-electron chi connectivity index (χ2n) is 6.60. The second-order valence-corrected chi connectivity index (χ2v) is 6.60. The Morgan fingerprint density at radius 3 is 2.61 bits per heavy atom. The number of alkyl halides is 3. The van der Waals surface area contributed by atoms with Crippen LogP contribution in [-0.4, -0.2) is 9.55 Å². The Balaban J connectivity index is 2.08. The monoisotopic (exact) mass is 393 g/mol. The van der Waals surface area contributed by atoms with Gasteiger partial charge in [0.2, 0.25) is 0 Å². The van der Waals surface area contributed by atoms with E-state index in [4.69, 9.17) is 5.73 Å². The summed E-state index contributed by atoms with van der Waals surface area (Å²) in [6.45, 7) is 2.58. The van der Waals surface area contributed by atoms with Crippen molar-refractivity contribution in [1.82, 2.24) is 9.55 Å². The predicted octanol–water partition coefficient (Wildman–Crippen LogP) is 4.99. The van der Waals surface area contributed by atoms with Crippen LogP contribution in [0.4, 0.5) is 23.2 Å². The molecule has 148 valence electrons. The molecule has 0 bridgehead atoms. The van der Waals surface area contributed by atoms with Crippen LogP contribution in [-0.2, 0) is 12.7 Å². The van der Waals surface area contributed by atoms with E-state index < -0.39 is 23.2 Å². The summed E-state index contributed by atoms with van der Waals surface area (Å²) >= 11 is 0. The standard InChI is InChI=1S/C20H19F4N3O/c1-2-3-4-6-27-7-5-12-8-14(16(21)9-13(12)19(27)28)18-10-15(20(22,23)24)17(25)11-26-18/h5,7-11H,2-4,6,25H2,1H3. The van der Waals surface area contributed by atoms with Gasteiger partial charge in [0, 0.05) is 18.3 Å². The van der Waals surface area contributed by atoms with Crippen LogP contribution >= 0.6 is 0 Å². The Bertz CT molecular complexity index is 1070. The van der Waals surface area contributed by atoms with Gasteiger partial charge in [0.1, 0.15) is 5.82 Å². The molecular formula is C20H19F4N3O. The number of nitrogens with zero attached hydrogens (tertiary/aromatic N) is 2. The Hall–Kier alpha value is -2.90. The third kappa shape index (κ3) is 3.85. The van der Waals surface area contributed by atoms with Gasteiger partial charge >= 0.3 is 6.18 Å². The molecule has 0 unspecified atom stereocenters. The molecule has 0 aliphatic rings. The predicted molar refractivity (Wildman–Crippen MR) is 100 cm³/mol. The molecule has 28 heavy (non-hydrogen) atoms. The maximum Gasteiger partial charge on any atom is 0.418 e. The zero-order valence-corrected chi connectivity index (χ0v) is 15.2. The molecule has 0 fully saturated rings. The van der Waals surface area contributed by atoms with Crippen molar-refractivity contribution in [2.75, 3.05) is 5.73 Å². The van der Waals surface area contributed by atoms with Crippen molar-refractivity contribution >= 4 is 16.5 Å². The van der Waals surface area contributed by atoms with E-state index in [1.54, 1.807) is 12.3 Å². The SMILES string of the molecule is CCCCCn1ccc2cc(-c3cc(C(F)(F)F)c(N)cn3)c(F)cc2c1=O. The number of nitrogens with two attached hydrogens (primary N) is 1. The molecule has 2 aromatic heterocycles. The number of benzene rings is 1. The number of pyridine rings is 2. The van der Waals surface area contributed by atoms with Crippen molar-refractivity contribution in [2.24, 2.45) is 0 Å². The van der Waals surface area contributed by atoms with Gasteiger partial charge in [-0.25, -0.2) is 4.39 Å². The highest BCUT2D eigenvalue weighted by molar-refractivity contribution is 5.86. The fourth-order valence-corrected chi connectivity index (χ4v) is 3.07. The van der Waals surface area contributed by atoms with Gasteiger partial charge in [0.15, 0.2) is 0 Å². The molecule has 3 aromatic rings. The first-order valence-electron chi connectivity index (χ1n) is 8.88. The number of nitrogen functional groups attached to an aromatic ring is 1. The molecule has 0 atom stereocenters. The third-order valence-corrected chi connectivity index (χ3v) is 4.58. The highest BCUT2D eigenvalue weighted by atomic mass is 19.4. The first-order valence-corrected chi connectivity index (χ1v) is 8.88. The zero-order valence-electron chi connectivity index (χ0n) is 15.2. The molecule has 2 heterocycles. The molecule has 0 aliphatic carbocycles. The lowest BCUT2D eigenvalue weighted by molar-refractivity contribution is -0.136. The molecule has 3 rings (SSSR count). The van der Waals surface area contributed by atoms with Gasteiger partial charge in [-0.15, -0.1) is 0 Å². The van der Waals surface area contributed by atoms with E-state index in [1.165, 1.54) is 10.6 Å². The van der Waals surface area contributed by atoms with Crippen LogP contribution in [0.15, 0.2) is 41.5 Å². The van der Waals surface area contributed by atoms with Crippen LogP contribution in [0.3, 0.4) is 0 Å². The van der Waals surface area contributed by atoms with Crippen LogP contribution in [0.5, 0.6) is 0 Å². The number of hydrogen-bond acceptors (Lipinski definition) is 3. The van der Waals surface area contributed by atoms with E-state index in [0.29, 0.717) is 18.0 Å². The molecule has 8 heteroatoms. The normalized spacial score (nSPS) is 11.9. The number of unbranched alkanes of at least 4 members (excludes halogenated alkanes) is 2. The number of rotatable bonds is 5. The topological polar surface area (TPSA) is 60.9 Å². The minimum atomic E-state index is -4.68. The van der Waals surface area contributed by atoms with E-state index in [9.17, 15) is 22.4 Å². The van der Waals surface area contributed by atoms with Gasteiger partial charge in [0.25, 0.3) is 5.56 Å². The van der Waals surface area contributed by atoms with Gasteiger partial charge < -0.3 is 10.3 Å². The van der Waals surface area contributed by atoms with E-state index >= 15 is 0 Å². The van der Waals surface area contributed by atoms with Crippen molar-refractivity contribution in [3.05, 3.63) is 58.4 Å². The Morgan fingerprint density at radius 1 is 1.18 bits per heavy atom. The number of aryl methyl sites for hydroxylation is 1. The number of fused-ring (bicyclic) bond motifs is 1. The quantitative estimate of drug-likeness (QED) is 0.491. The maximum absolute atomic E-state index is 14.7. The summed E-state index contributed by atoms with van der Waals surface area (Å²) in [5.74, 6) is -0.818. The average molecular weight is 393 g/mol. The van der Waals surface area contributed by atoms with Crippen molar-refractivity contribution in [3.63, 3.8) is 0 Å². The zero-order chi connectivity index (χ0) is 20.5. The van der Waals surface area contributed by atoms with Gasteiger partial charge in [-0.05, 0) is 36.1 Å². The van der Waals surface area contributed by atoms with Crippen LogP contribution < -0.4 is 11.3 Å². The van der Waals surface area contributed by atoms with Gasteiger partial charge in [-0.3, -0.25) is 9.78 Å². The number of anilines is 1. The summed E-state index contributed by atoms with van der Waals surface area (Å²) in [6, 6.07) is 4.74. The minimum Gasteiger partial charge on any atom is -0.397 e. The maximum atomic E-state index is 14.7. The summed E-state index contributed by atoms with van der Waals surface area (Å²) in [5.41, 5.74) is 3.08. The molecule has 0 saturated heterocycles. The minimum absolute atomic E-state index is 0.124. The molecule has 1 aromatic carbocycles. The fraction of sp³-hybridized carbons (Fsp3) is 0.300. The Kier molecular flexibility index (Phi) is 5.40. The summed E-state index contributed by atoms with van der Waals surface area (Å²) in [7, 11) is 0. The van der Waals surface area contributed by atoms with Crippen molar-refractivity contribution in [2.45, 2.75) is 38.9 Å². The largest absolute Gasteiger partial charge is 0.418 e. The van der Waals surface area contributed by atoms with Gasteiger partial charge in [-0.2, -0.15) is 13.2 Å². The number of aromatic nitrogens is 2. The number of halogens is 4. The van der Waals surface area contributed by atoms with Gasteiger partial charge in [0.05, 0.1) is 28.5 Å². The van der Waals surface area contributed by atoms with E-state index in [0.717, 1.165) is 31.5 Å². The first kappa shape index (κ1) is 19.9. The highest BCUT2D eigenvalue weighted by Crippen LogP contribution is 2.36. The van der Waals surface area contributed by atoms with E-state index in [-0.39, 0.29) is 22.2 Å². The third-order valence-electron chi connectivity index (χ3n) is 4.58. The smallest absolute Gasteiger partial charge is 0.397 e. The molecule has 0 aliphatic heterocycles. The van der Waals surface area contributed by atoms with E-state index in [2.05, 4.69) is 11.9 Å². The molecular weight excluding hydrogens is 374 g/mol. The van der Waals surface area contributed by atoms with Crippen molar-refractivity contribution in [3.8, 4) is 11.3 Å². The van der Waals surface area contributed by atoms with Crippen molar-refractivity contribution < 1.29 is 17.6 Å². The molecule has 0 radical (unpaired) electrons. The molecule has 0 saturated carbocycles. The van der Waals surface area contributed by atoms with Crippen LogP contribution in [0.2, 0.25) is 0 Å². The summed E-state index contributed by atoms with van der Waals surface area (Å²) in [6.07, 6.45) is 0.601. The summed E-state index contributed by atoms with van der Waals surface area (Å²) < 4.78 is 55.4. The van der Waals surface area contributed by atoms with E-state index in [1.807, 2.05) is 0 Å². The molecule has 0 amide bonds. The number of hydrogen-bond donors (Lipinski definition) is 1. The average Bonchev–Trinajstić information content (AvgIpc) is 2.63. The van der Waals surface area contributed by atoms with Crippen LogP contribution in [0.25, 0.3) is 22.0 Å². The Morgan fingerprint density at radius 2 is 1.93 bits per heavy atom. The van der Waals surface area contributed by atoms with Crippen LogP contribution in [0.1, 0.15) is 31.7 Å².